The van der Waals surface area contributed by atoms with Crippen LogP contribution in [0, 0.1) is 10.8 Å². The number of hydrogen-bond acceptors (Lipinski definition) is 7. The van der Waals surface area contributed by atoms with E-state index in [1.54, 1.807) is 19.4 Å². The number of nitrogens with zero attached hydrogens (tertiary/aromatic N) is 4. The van der Waals surface area contributed by atoms with E-state index < -0.39 is 0 Å². The first-order valence-corrected chi connectivity index (χ1v) is 11.4. The van der Waals surface area contributed by atoms with Crippen LogP contribution in [0.4, 0.5) is 0 Å². The molecular formula is C22H33N7O3. The molecule has 2 amide bonds. The van der Waals surface area contributed by atoms with Crippen molar-refractivity contribution < 1.29 is 9.59 Å². The summed E-state index contributed by atoms with van der Waals surface area (Å²) in [4.78, 5) is 38.6. The van der Waals surface area contributed by atoms with E-state index >= 15 is 0 Å². The summed E-state index contributed by atoms with van der Waals surface area (Å²) in [6, 6.07) is 4.34. The Bertz CT molecular complexity index is 802. The van der Waals surface area contributed by atoms with Gasteiger partial charge < -0.3 is 10.6 Å². The Kier molecular flexibility index (Phi) is 9.09. The lowest BCUT2D eigenvalue weighted by atomic mass is 9.94. The molecule has 3 atom stereocenters. The monoisotopic (exact) mass is 443 g/mol. The van der Waals surface area contributed by atoms with Crippen molar-refractivity contribution in [1.82, 2.24) is 26.1 Å². The lowest BCUT2D eigenvalue weighted by molar-refractivity contribution is -0.123. The van der Waals surface area contributed by atoms with Gasteiger partial charge in [-0.05, 0) is 50.5 Å². The van der Waals surface area contributed by atoms with E-state index in [9.17, 15) is 14.5 Å². The molecule has 10 heteroatoms. The number of unbranched alkanes of at least 4 members (excludes halogenated alkanes) is 1. The van der Waals surface area contributed by atoms with Gasteiger partial charge in [0, 0.05) is 50.1 Å². The number of carbonyl (C=O) groups is 2. The van der Waals surface area contributed by atoms with Crippen LogP contribution in [0.2, 0.25) is 0 Å². The molecule has 3 unspecified atom stereocenters. The Hall–Kier alpha value is -2.88. The van der Waals surface area contributed by atoms with Crippen LogP contribution in [0.1, 0.15) is 56.9 Å². The van der Waals surface area contributed by atoms with Crippen molar-refractivity contribution >= 4 is 17.5 Å². The van der Waals surface area contributed by atoms with Crippen LogP contribution in [-0.4, -0.2) is 59.7 Å². The first-order valence-electron chi connectivity index (χ1n) is 11.4. The molecule has 1 aromatic rings. The Morgan fingerprint density at radius 2 is 2.16 bits per heavy atom. The van der Waals surface area contributed by atoms with Crippen molar-refractivity contribution in [2.75, 3.05) is 20.1 Å². The zero-order valence-electron chi connectivity index (χ0n) is 18.6. The Balaban J connectivity index is 1.41. The molecule has 1 aromatic heterocycles. The standard InChI is InChI=1S/C22H33N7O3/c1-29(28-32)13-5-8-18(17-7-4-12-23-14-17)26-27-20(30)9-3-2-6-16-10-11-19-22(16)25-21(31)15-24-19/h4,7,12,14,16,19,22,24H,2-3,5-6,8-11,13,15H2,1H3,(H,25,31)(H,27,30)/b26-18+. The summed E-state index contributed by atoms with van der Waals surface area (Å²) in [5, 5.41) is 15.0. The van der Waals surface area contributed by atoms with Gasteiger partial charge in [-0.1, -0.05) is 12.5 Å². The number of nitrogens with one attached hydrogen (secondary N) is 3. The fraction of sp³-hybridized carbons (Fsp3) is 0.636. The Labute approximate surface area is 188 Å². The van der Waals surface area contributed by atoms with Crippen molar-refractivity contribution in [3.63, 3.8) is 0 Å². The van der Waals surface area contributed by atoms with E-state index in [-0.39, 0.29) is 17.9 Å². The third-order valence-corrected chi connectivity index (χ3v) is 6.22. The topological polar surface area (TPSA) is 128 Å². The van der Waals surface area contributed by atoms with Crippen LogP contribution in [-0.2, 0) is 9.59 Å². The number of hydrazone groups is 1. The number of carbonyl (C=O) groups excluding carboxylic acids is 2. The molecular weight excluding hydrogens is 410 g/mol. The normalized spacial score (nSPS) is 22.7. The molecule has 10 nitrogen and oxygen atoms in total. The van der Waals surface area contributed by atoms with Crippen LogP contribution in [0.5, 0.6) is 0 Å². The van der Waals surface area contributed by atoms with E-state index in [0.717, 1.165) is 43.4 Å². The maximum Gasteiger partial charge on any atom is 0.240 e. The molecule has 1 aliphatic heterocycles. The molecule has 174 valence electrons. The number of pyridine rings is 1. The molecule has 1 saturated heterocycles. The van der Waals surface area contributed by atoms with Crippen molar-refractivity contribution in [1.29, 1.82) is 0 Å². The predicted octanol–water partition coefficient (Wildman–Crippen LogP) is 1.72. The molecule has 2 fully saturated rings. The summed E-state index contributed by atoms with van der Waals surface area (Å²) >= 11 is 0. The number of hydrogen-bond donors (Lipinski definition) is 3. The third-order valence-electron chi connectivity index (χ3n) is 6.22. The summed E-state index contributed by atoms with van der Waals surface area (Å²) in [5.74, 6) is 0.442. The predicted molar refractivity (Wildman–Crippen MR) is 121 cm³/mol. The van der Waals surface area contributed by atoms with Crippen molar-refractivity contribution in [2.45, 2.75) is 63.5 Å². The van der Waals surface area contributed by atoms with Gasteiger partial charge in [-0.25, -0.2) is 5.43 Å². The Morgan fingerprint density at radius 3 is 2.94 bits per heavy atom. The van der Waals surface area contributed by atoms with Crippen LogP contribution in [0.3, 0.4) is 0 Å². The van der Waals surface area contributed by atoms with Gasteiger partial charge in [-0.2, -0.15) is 5.10 Å². The highest BCUT2D eigenvalue weighted by atomic mass is 16.3. The minimum Gasteiger partial charge on any atom is -0.350 e. The molecule has 32 heavy (non-hydrogen) atoms. The van der Waals surface area contributed by atoms with Crippen LogP contribution >= 0.6 is 0 Å². The van der Waals surface area contributed by atoms with Crippen LogP contribution in [0.15, 0.2) is 34.9 Å². The summed E-state index contributed by atoms with van der Waals surface area (Å²) < 4.78 is 0. The van der Waals surface area contributed by atoms with E-state index in [1.807, 2.05) is 12.1 Å². The van der Waals surface area contributed by atoms with Crippen LogP contribution < -0.4 is 16.1 Å². The van der Waals surface area contributed by atoms with Gasteiger partial charge in [0.15, 0.2) is 0 Å². The average molecular weight is 444 g/mol. The third kappa shape index (κ3) is 7.08. The summed E-state index contributed by atoms with van der Waals surface area (Å²) in [7, 11) is 1.63. The van der Waals surface area contributed by atoms with Gasteiger partial charge in [0.1, 0.15) is 0 Å². The summed E-state index contributed by atoms with van der Waals surface area (Å²) in [6.07, 6.45) is 10.0. The van der Waals surface area contributed by atoms with Crippen molar-refractivity contribution in [2.24, 2.45) is 16.3 Å². The van der Waals surface area contributed by atoms with E-state index in [2.05, 4.69) is 31.4 Å². The summed E-state index contributed by atoms with van der Waals surface area (Å²) in [6.45, 7) is 0.927. The van der Waals surface area contributed by atoms with Gasteiger partial charge in [-0.15, -0.1) is 4.91 Å². The SMILES string of the molecule is CN(CCC/C(=N\NC(=O)CCCCC1CCC2NCC(=O)NC12)c1cccnc1)N=O. The quantitative estimate of drug-likeness (QED) is 0.195. The molecule has 2 heterocycles. The highest BCUT2D eigenvalue weighted by Crippen LogP contribution is 2.31. The number of rotatable bonds is 12. The van der Waals surface area contributed by atoms with E-state index in [1.165, 1.54) is 5.01 Å². The van der Waals surface area contributed by atoms with E-state index in [0.29, 0.717) is 44.3 Å². The second kappa shape index (κ2) is 12.2. The largest absolute Gasteiger partial charge is 0.350 e. The first kappa shape index (κ1) is 23.8. The second-order valence-electron chi connectivity index (χ2n) is 8.57. The number of fused-ring (bicyclic) bond motifs is 1. The lowest BCUT2D eigenvalue weighted by Crippen LogP contribution is -2.58. The van der Waals surface area contributed by atoms with Gasteiger partial charge in [0.05, 0.1) is 17.5 Å². The fourth-order valence-electron chi connectivity index (χ4n) is 4.51. The molecule has 3 N–H and O–H groups in total. The van der Waals surface area contributed by atoms with Gasteiger partial charge in [0.25, 0.3) is 0 Å². The molecule has 0 bridgehead atoms. The smallest absolute Gasteiger partial charge is 0.240 e. The first-order chi connectivity index (χ1) is 15.6. The zero-order valence-corrected chi connectivity index (χ0v) is 18.6. The lowest BCUT2D eigenvalue weighted by Gasteiger charge is -2.31. The average Bonchev–Trinajstić information content (AvgIpc) is 3.21. The molecule has 0 aromatic carbocycles. The van der Waals surface area contributed by atoms with Gasteiger partial charge in [-0.3, -0.25) is 19.6 Å². The number of piperazine rings is 1. The maximum absolute atomic E-state index is 12.3. The highest BCUT2D eigenvalue weighted by molar-refractivity contribution is 6.00. The van der Waals surface area contributed by atoms with Gasteiger partial charge >= 0.3 is 0 Å². The van der Waals surface area contributed by atoms with E-state index in [4.69, 9.17) is 0 Å². The molecule has 0 spiro atoms. The minimum atomic E-state index is -0.116. The second-order valence-corrected chi connectivity index (χ2v) is 8.57. The number of amides is 2. The Morgan fingerprint density at radius 1 is 1.28 bits per heavy atom. The summed E-state index contributed by atoms with van der Waals surface area (Å²) in [5.41, 5.74) is 4.23. The fourth-order valence-corrected chi connectivity index (χ4v) is 4.51. The zero-order chi connectivity index (χ0) is 22.8. The van der Waals surface area contributed by atoms with Crippen molar-refractivity contribution in [3.05, 3.63) is 35.0 Å². The molecule has 3 rings (SSSR count). The van der Waals surface area contributed by atoms with Crippen LogP contribution in [0.25, 0.3) is 0 Å². The van der Waals surface area contributed by atoms with Crippen molar-refractivity contribution in [3.8, 4) is 0 Å². The molecule has 1 saturated carbocycles. The molecule has 0 radical (unpaired) electrons. The maximum atomic E-state index is 12.3. The highest BCUT2D eigenvalue weighted by Gasteiger charge is 2.38. The minimum absolute atomic E-state index is 0.0777. The number of nitroso groups, excluding NO2 is 1. The number of aromatic nitrogens is 1. The van der Waals surface area contributed by atoms with Gasteiger partial charge in [0.2, 0.25) is 11.8 Å². The molecule has 1 aliphatic carbocycles. The molecule has 2 aliphatic rings.